The Morgan fingerprint density at radius 3 is 2.05 bits per heavy atom. The molecular weight excluding hydrogens is 277 g/mol. The fourth-order valence-corrected chi connectivity index (χ4v) is 3.02. The zero-order chi connectivity index (χ0) is 14.6. The maximum absolute atomic E-state index is 12.8. The summed E-state index contributed by atoms with van der Waals surface area (Å²) in [5, 5.41) is 0. The first kappa shape index (κ1) is 14.5. The molecule has 106 valence electrons. The molecular formula is C15H16FNO2S. The molecule has 0 radical (unpaired) electrons. The molecule has 0 fully saturated rings. The maximum atomic E-state index is 12.8. The largest absolute Gasteiger partial charge is 0.283 e. The summed E-state index contributed by atoms with van der Waals surface area (Å²) in [5.41, 5.74) is 2.22. The quantitative estimate of drug-likeness (QED) is 0.919. The standard InChI is InChI=1S/C15H16FNO2S/c1-2-12-5-9-15(10-6-12)17-20(18,19)11-13-3-7-14(16)8-4-13/h3-10,17H,2,11H2,1H3. The number of hydrogen-bond acceptors (Lipinski definition) is 2. The number of benzene rings is 2. The minimum atomic E-state index is -3.49. The summed E-state index contributed by atoms with van der Waals surface area (Å²) in [6.45, 7) is 2.04. The van der Waals surface area contributed by atoms with Crippen molar-refractivity contribution in [2.75, 3.05) is 4.72 Å². The van der Waals surface area contributed by atoms with E-state index in [0.29, 0.717) is 11.3 Å². The van der Waals surface area contributed by atoms with E-state index >= 15 is 0 Å². The van der Waals surface area contributed by atoms with Crippen molar-refractivity contribution in [1.82, 2.24) is 0 Å². The van der Waals surface area contributed by atoms with Crippen LogP contribution in [0.4, 0.5) is 10.1 Å². The second-order valence-corrected chi connectivity index (χ2v) is 6.26. The molecule has 0 bridgehead atoms. The predicted octanol–water partition coefficient (Wildman–Crippen LogP) is 3.33. The van der Waals surface area contributed by atoms with E-state index in [1.807, 2.05) is 19.1 Å². The number of sulfonamides is 1. The van der Waals surface area contributed by atoms with Crippen LogP contribution in [0.3, 0.4) is 0 Å². The van der Waals surface area contributed by atoms with Crippen molar-refractivity contribution >= 4 is 15.7 Å². The number of halogens is 1. The van der Waals surface area contributed by atoms with E-state index in [0.717, 1.165) is 12.0 Å². The molecule has 0 aromatic heterocycles. The average Bonchev–Trinajstić information content (AvgIpc) is 2.41. The molecule has 0 unspecified atom stereocenters. The van der Waals surface area contributed by atoms with E-state index in [1.54, 1.807) is 12.1 Å². The van der Waals surface area contributed by atoms with Crippen molar-refractivity contribution in [1.29, 1.82) is 0 Å². The van der Waals surface area contributed by atoms with Gasteiger partial charge < -0.3 is 0 Å². The van der Waals surface area contributed by atoms with Crippen LogP contribution in [0.1, 0.15) is 18.1 Å². The predicted molar refractivity (Wildman–Crippen MR) is 78.5 cm³/mol. The van der Waals surface area contributed by atoms with Gasteiger partial charge in [-0.15, -0.1) is 0 Å². The van der Waals surface area contributed by atoms with Gasteiger partial charge in [-0.2, -0.15) is 0 Å². The molecule has 3 nitrogen and oxygen atoms in total. The summed E-state index contributed by atoms with van der Waals surface area (Å²) in [6, 6.07) is 12.7. The van der Waals surface area contributed by atoms with Gasteiger partial charge in [0.1, 0.15) is 5.82 Å². The lowest BCUT2D eigenvalue weighted by Gasteiger charge is -2.08. The van der Waals surface area contributed by atoms with E-state index < -0.39 is 10.0 Å². The normalized spacial score (nSPS) is 11.3. The molecule has 0 atom stereocenters. The smallest absolute Gasteiger partial charge is 0.236 e. The van der Waals surface area contributed by atoms with Gasteiger partial charge >= 0.3 is 0 Å². The molecule has 0 spiro atoms. The van der Waals surface area contributed by atoms with E-state index in [-0.39, 0.29) is 11.6 Å². The van der Waals surface area contributed by atoms with Crippen molar-refractivity contribution < 1.29 is 12.8 Å². The van der Waals surface area contributed by atoms with Gasteiger partial charge in [-0.05, 0) is 41.8 Å². The summed E-state index contributed by atoms with van der Waals surface area (Å²) in [6.07, 6.45) is 0.905. The minimum absolute atomic E-state index is 0.178. The van der Waals surface area contributed by atoms with Gasteiger partial charge in [0, 0.05) is 5.69 Å². The van der Waals surface area contributed by atoms with E-state index in [1.165, 1.54) is 24.3 Å². The molecule has 0 amide bonds. The number of aryl methyl sites for hydroxylation is 1. The van der Waals surface area contributed by atoms with Crippen molar-refractivity contribution in [3.05, 3.63) is 65.5 Å². The average molecular weight is 293 g/mol. The summed E-state index contributed by atoms with van der Waals surface area (Å²) in [5.74, 6) is -0.558. The molecule has 0 heterocycles. The molecule has 1 N–H and O–H groups in total. The van der Waals surface area contributed by atoms with E-state index in [9.17, 15) is 12.8 Å². The van der Waals surface area contributed by atoms with Crippen molar-refractivity contribution in [2.24, 2.45) is 0 Å². The molecule has 0 saturated heterocycles. The minimum Gasteiger partial charge on any atom is -0.283 e. The van der Waals surface area contributed by atoms with Crippen LogP contribution in [0.15, 0.2) is 48.5 Å². The molecule has 5 heteroatoms. The monoisotopic (exact) mass is 293 g/mol. The molecule has 0 saturated carbocycles. The SMILES string of the molecule is CCc1ccc(NS(=O)(=O)Cc2ccc(F)cc2)cc1. The Balaban J connectivity index is 2.08. The fraction of sp³-hybridized carbons (Fsp3) is 0.200. The summed E-state index contributed by atoms with van der Waals surface area (Å²) >= 11 is 0. The summed E-state index contributed by atoms with van der Waals surface area (Å²) in [7, 11) is -3.49. The Labute approximate surface area is 118 Å². The molecule has 20 heavy (non-hydrogen) atoms. The van der Waals surface area contributed by atoms with Crippen LogP contribution < -0.4 is 4.72 Å². The molecule has 0 aliphatic carbocycles. The third-order valence-corrected chi connectivity index (χ3v) is 4.17. The fourth-order valence-electron chi connectivity index (χ4n) is 1.82. The summed E-state index contributed by atoms with van der Waals surface area (Å²) in [4.78, 5) is 0. The molecule has 0 aliphatic rings. The van der Waals surface area contributed by atoms with E-state index in [4.69, 9.17) is 0 Å². The van der Waals surface area contributed by atoms with Crippen LogP contribution in [0.25, 0.3) is 0 Å². The summed E-state index contributed by atoms with van der Waals surface area (Å²) < 4.78 is 39.3. The van der Waals surface area contributed by atoms with Gasteiger partial charge in [0.15, 0.2) is 0 Å². The Bertz CT molecular complexity index is 664. The van der Waals surface area contributed by atoms with Gasteiger partial charge in [0.05, 0.1) is 5.75 Å². The Hall–Kier alpha value is -1.88. The van der Waals surface area contributed by atoms with Gasteiger partial charge in [-0.3, -0.25) is 4.72 Å². The second-order valence-electron chi connectivity index (χ2n) is 4.54. The Kier molecular flexibility index (Phi) is 4.39. The Morgan fingerprint density at radius 2 is 1.50 bits per heavy atom. The lowest BCUT2D eigenvalue weighted by molar-refractivity contribution is 0.600. The van der Waals surface area contributed by atoms with Gasteiger partial charge in [-0.25, -0.2) is 12.8 Å². The lowest BCUT2D eigenvalue weighted by atomic mass is 10.2. The number of rotatable bonds is 5. The van der Waals surface area contributed by atoms with Gasteiger partial charge in [0.2, 0.25) is 10.0 Å². The maximum Gasteiger partial charge on any atom is 0.236 e. The molecule has 2 aromatic rings. The van der Waals surface area contributed by atoms with Crippen LogP contribution in [0.5, 0.6) is 0 Å². The first-order valence-electron chi connectivity index (χ1n) is 6.32. The van der Waals surface area contributed by atoms with Crippen molar-refractivity contribution in [3.63, 3.8) is 0 Å². The van der Waals surface area contributed by atoms with Crippen LogP contribution in [0.2, 0.25) is 0 Å². The highest BCUT2D eigenvalue weighted by atomic mass is 32.2. The first-order chi connectivity index (χ1) is 9.48. The molecule has 2 rings (SSSR count). The van der Waals surface area contributed by atoms with Crippen LogP contribution in [-0.2, 0) is 22.2 Å². The molecule has 2 aromatic carbocycles. The number of nitrogens with one attached hydrogen (secondary N) is 1. The number of anilines is 1. The topological polar surface area (TPSA) is 46.2 Å². The molecule has 0 aliphatic heterocycles. The van der Waals surface area contributed by atoms with Crippen LogP contribution in [0, 0.1) is 5.82 Å². The third-order valence-electron chi connectivity index (χ3n) is 2.91. The Morgan fingerprint density at radius 1 is 0.950 bits per heavy atom. The van der Waals surface area contributed by atoms with Crippen LogP contribution >= 0.6 is 0 Å². The lowest BCUT2D eigenvalue weighted by Crippen LogP contribution is -2.15. The van der Waals surface area contributed by atoms with Crippen molar-refractivity contribution in [3.8, 4) is 0 Å². The first-order valence-corrected chi connectivity index (χ1v) is 7.97. The highest BCUT2D eigenvalue weighted by Gasteiger charge is 2.11. The van der Waals surface area contributed by atoms with Crippen LogP contribution in [-0.4, -0.2) is 8.42 Å². The third kappa shape index (κ3) is 4.06. The zero-order valence-electron chi connectivity index (χ0n) is 11.1. The van der Waals surface area contributed by atoms with Gasteiger partial charge in [0.25, 0.3) is 0 Å². The number of hydrogen-bond donors (Lipinski definition) is 1. The van der Waals surface area contributed by atoms with E-state index in [2.05, 4.69) is 4.72 Å². The van der Waals surface area contributed by atoms with Gasteiger partial charge in [-0.1, -0.05) is 31.2 Å². The highest BCUT2D eigenvalue weighted by molar-refractivity contribution is 7.91. The highest BCUT2D eigenvalue weighted by Crippen LogP contribution is 2.14. The zero-order valence-corrected chi connectivity index (χ0v) is 12.0. The second kappa shape index (κ2) is 6.05. The van der Waals surface area contributed by atoms with Crippen molar-refractivity contribution in [2.45, 2.75) is 19.1 Å².